The number of hydrogen-bond donors (Lipinski definition) is 2. The molecule has 3 N–H and O–H groups in total. The molecule has 0 saturated carbocycles. The Morgan fingerprint density at radius 1 is 1.16 bits per heavy atom. The number of hydrogen-bond acceptors (Lipinski definition) is 5. The lowest BCUT2D eigenvalue weighted by molar-refractivity contribution is -0.135. The molecule has 0 bridgehead atoms. The van der Waals surface area contributed by atoms with Crippen LogP contribution in [0.5, 0.6) is 0 Å². The summed E-state index contributed by atoms with van der Waals surface area (Å²) in [6.07, 6.45) is 5.46. The van der Waals surface area contributed by atoms with E-state index in [-0.39, 0.29) is 17.7 Å². The predicted octanol–water partition coefficient (Wildman–Crippen LogP) is 1.33. The van der Waals surface area contributed by atoms with Gasteiger partial charge in [-0.15, -0.1) is 0 Å². The number of rotatable bonds is 3. The van der Waals surface area contributed by atoms with Crippen LogP contribution in [-0.4, -0.2) is 58.8 Å². The molecule has 2 saturated heterocycles. The minimum absolute atomic E-state index is 0.0327. The van der Waals surface area contributed by atoms with E-state index >= 15 is 0 Å². The number of nitrogens with one attached hydrogen (secondary N) is 1. The summed E-state index contributed by atoms with van der Waals surface area (Å²) in [6.45, 7) is 4.40. The summed E-state index contributed by atoms with van der Waals surface area (Å²) in [6, 6.07) is 4.06. The van der Waals surface area contributed by atoms with Crippen LogP contribution in [0.25, 0.3) is 0 Å². The van der Waals surface area contributed by atoms with Crippen molar-refractivity contribution in [3.05, 3.63) is 18.3 Å². The lowest BCUT2D eigenvalue weighted by Gasteiger charge is -2.24. The fourth-order valence-electron chi connectivity index (χ4n) is 3.69. The smallest absolute Gasteiger partial charge is 0.227 e. The summed E-state index contributed by atoms with van der Waals surface area (Å²) in [5, 5.41) is 3.49. The van der Waals surface area contributed by atoms with Crippen LogP contribution in [0.3, 0.4) is 0 Å². The van der Waals surface area contributed by atoms with Crippen LogP contribution >= 0.6 is 0 Å². The second kappa shape index (κ2) is 7.72. The van der Waals surface area contributed by atoms with Crippen LogP contribution in [0.15, 0.2) is 18.3 Å². The van der Waals surface area contributed by atoms with Gasteiger partial charge in [0.15, 0.2) is 0 Å². The van der Waals surface area contributed by atoms with Crippen LogP contribution in [0.4, 0.5) is 11.5 Å². The Bertz CT molecular complexity index is 618. The summed E-state index contributed by atoms with van der Waals surface area (Å²) in [5.74, 6) is 0.750. The van der Waals surface area contributed by atoms with Gasteiger partial charge in [0.1, 0.15) is 5.82 Å². The monoisotopic (exact) mass is 345 g/mol. The molecule has 0 radical (unpaired) electrons. The quantitative estimate of drug-likeness (QED) is 0.862. The van der Waals surface area contributed by atoms with E-state index in [0.717, 1.165) is 44.5 Å². The van der Waals surface area contributed by atoms with Crippen LogP contribution in [0.1, 0.15) is 32.6 Å². The van der Waals surface area contributed by atoms with E-state index in [2.05, 4.69) is 10.3 Å². The number of nitrogen functional groups attached to an aromatic ring is 1. The zero-order chi connectivity index (χ0) is 17.8. The Hall–Kier alpha value is -2.31. The van der Waals surface area contributed by atoms with Crippen LogP contribution in [0, 0.1) is 5.92 Å². The maximum Gasteiger partial charge on any atom is 0.227 e. The number of carbonyl (C=O) groups excluding carboxylic acids is 2. The Kier molecular flexibility index (Phi) is 5.40. The third-order valence-electron chi connectivity index (χ3n) is 5.18. The molecule has 0 aliphatic carbocycles. The number of amides is 2. The van der Waals surface area contributed by atoms with Gasteiger partial charge in [-0.25, -0.2) is 4.98 Å². The number of aromatic nitrogens is 1. The molecule has 7 nitrogen and oxygen atoms in total. The molecule has 25 heavy (non-hydrogen) atoms. The minimum atomic E-state index is -0.0327. The number of nitrogens with zero attached hydrogens (tertiary/aromatic N) is 3. The standard InChI is InChI=1S/C18H27N5O2/c1-13(24)23-9-6-14(12-23)18(25)22-8-2-3-15(7-10-22)21-16-4-5-17(19)20-11-16/h4-5,11,14-15,21H,2-3,6-10,12H2,1H3,(H2,19,20)/t14-,15-/m0/s1. The molecular formula is C18H27N5O2. The Morgan fingerprint density at radius 3 is 2.64 bits per heavy atom. The SMILES string of the molecule is CC(=O)N1CC[C@H](C(=O)N2CCC[C@H](Nc3ccc(N)nc3)CC2)C1. The molecule has 136 valence electrons. The van der Waals surface area contributed by atoms with Crippen molar-refractivity contribution in [1.82, 2.24) is 14.8 Å². The lowest BCUT2D eigenvalue weighted by Crippen LogP contribution is -2.38. The number of pyridine rings is 1. The fraction of sp³-hybridized carbons (Fsp3) is 0.611. The van der Waals surface area contributed by atoms with Crippen molar-refractivity contribution < 1.29 is 9.59 Å². The molecule has 2 aliphatic heterocycles. The molecule has 2 amide bonds. The highest BCUT2D eigenvalue weighted by Crippen LogP contribution is 2.22. The van der Waals surface area contributed by atoms with E-state index < -0.39 is 0 Å². The first-order valence-corrected chi connectivity index (χ1v) is 9.05. The van der Waals surface area contributed by atoms with E-state index in [0.29, 0.717) is 24.9 Å². The molecule has 7 heteroatoms. The second-order valence-corrected chi connectivity index (χ2v) is 7.02. The van der Waals surface area contributed by atoms with Gasteiger partial charge in [0.25, 0.3) is 0 Å². The van der Waals surface area contributed by atoms with Crippen molar-refractivity contribution in [3.8, 4) is 0 Å². The number of anilines is 2. The van der Waals surface area contributed by atoms with Gasteiger partial charge in [0.05, 0.1) is 17.8 Å². The van der Waals surface area contributed by atoms with Gasteiger partial charge < -0.3 is 20.9 Å². The second-order valence-electron chi connectivity index (χ2n) is 7.02. The molecule has 0 aromatic carbocycles. The Labute approximate surface area is 148 Å². The van der Waals surface area contributed by atoms with Crippen LogP contribution in [0.2, 0.25) is 0 Å². The van der Waals surface area contributed by atoms with Crippen molar-refractivity contribution in [2.24, 2.45) is 5.92 Å². The maximum atomic E-state index is 12.8. The minimum Gasteiger partial charge on any atom is -0.384 e. The number of nitrogens with two attached hydrogens (primary N) is 1. The maximum absolute atomic E-state index is 12.8. The molecular weight excluding hydrogens is 318 g/mol. The zero-order valence-corrected chi connectivity index (χ0v) is 14.8. The first kappa shape index (κ1) is 17.5. The van der Waals surface area contributed by atoms with Crippen LogP contribution < -0.4 is 11.1 Å². The third kappa shape index (κ3) is 4.41. The zero-order valence-electron chi connectivity index (χ0n) is 14.8. The van der Waals surface area contributed by atoms with Gasteiger partial charge in [-0.05, 0) is 37.8 Å². The molecule has 2 atom stereocenters. The van der Waals surface area contributed by atoms with E-state index in [1.54, 1.807) is 24.1 Å². The predicted molar refractivity (Wildman–Crippen MR) is 96.9 cm³/mol. The number of likely N-dealkylation sites (tertiary alicyclic amines) is 2. The van der Waals surface area contributed by atoms with Gasteiger partial charge in [-0.1, -0.05) is 0 Å². The van der Waals surface area contributed by atoms with E-state index in [4.69, 9.17) is 5.73 Å². The summed E-state index contributed by atoms with van der Waals surface area (Å²) in [5.41, 5.74) is 6.58. The summed E-state index contributed by atoms with van der Waals surface area (Å²) in [4.78, 5) is 32.1. The molecule has 3 heterocycles. The number of carbonyl (C=O) groups is 2. The average molecular weight is 345 g/mol. The Morgan fingerprint density at radius 2 is 1.96 bits per heavy atom. The van der Waals surface area contributed by atoms with Gasteiger partial charge >= 0.3 is 0 Å². The molecule has 0 spiro atoms. The molecule has 2 fully saturated rings. The van der Waals surface area contributed by atoms with Crippen molar-refractivity contribution in [2.45, 2.75) is 38.6 Å². The Balaban J connectivity index is 1.52. The van der Waals surface area contributed by atoms with E-state index in [1.165, 1.54) is 0 Å². The lowest BCUT2D eigenvalue weighted by atomic mass is 10.1. The molecule has 2 aliphatic rings. The van der Waals surface area contributed by atoms with Gasteiger partial charge in [-0.3, -0.25) is 9.59 Å². The summed E-state index contributed by atoms with van der Waals surface area (Å²) < 4.78 is 0. The van der Waals surface area contributed by atoms with E-state index in [1.807, 2.05) is 11.0 Å². The first-order valence-electron chi connectivity index (χ1n) is 9.05. The van der Waals surface area contributed by atoms with Crippen molar-refractivity contribution >= 4 is 23.3 Å². The topological polar surface area (TPSA) is 91.6 Å². The first-order chi connectivity index (χ1) is 12.0. The van der Waals surface area contributed by atoms with Crippen LogP contribution in [-0.2, 0) is 9.59 Å². The molecule has 1 aromatic heterocycles. The highest BCUT2D eigenvalue weighted by atomic mass is 16.2. The van der Waals surface area contributed by atoms with E-state index in [9.17, 15) is 9.59 Å². The van der Waals surface area contributed by atoms with Crippen molar-refractivity contribution in [3.63, 3.8) is 0 Å². The van der Waals surface area contributed by atoms with Gasteiger partial charge in [-0.2, -0.15) is 0 Å². The fourth-order valence-corrected chi connectivity index (χ4v) is 3.69. The van der Waals surface area contributed by atoms with Crippen molar-refractivity contribution in [2.75, 3.05) is 37.2 Å². The van der Waals surface area contributed by atoms with Crippen molar-refractivity contribution in [1.29, 1.82) is 0 Å². The summed E-state index contributed by atoms with van der Waals surface area (Å²) >= 11 is 0. The summed E-state index contributed by atoms with van der Waals surface area (Å²) in [7, 11) is 0. The third-order valence-corrected chi connectivity index (χ3v) is 5.18. The molecule has 1 aromatic rings. The normalized spacial score (nSPS) is 24.0. The average Bonchev–Trinajstić information content (AvgIpc) is 2.98. The highest BCUT2D eigenvalue weighted by Gasteiger charge is 2.33. The van der Waals surface area contributed by atoms with Gasteiger partial charge in [0.2, 0.25) is 11.8 Å². The molecule has 3 rings (SSSR count). The highest BCUT2D eigenvalue weighted by molar-refractivity contribution is 5.81. The van der Waals surface area contributed by atoms with Gasteiger partial charge in [0, 0.05) is 39.1 Å². The largest absolute Gasteiger partial charge is 0.384 e. The molecule has 0 unspecified atom stereocenters.